The third-order valence-electron chi connectivity index (χ3n) is 5.51. The lowest BCUT2D eigenvalue weighted by atomic mass is 9.93. The Kier molecular flexibility index (Phi) is 5.79. The van der Waals surface area contributed by atoms with E-state index in [4.69, 9.17) is 16.3 Å². The van der Waals surface area contributed by atoms with Crippen molar-refractivity contribution in [2.45, 2.75) is 38.0 Å². The van der Waals surface area contributed by atoms with Gasteiger partial charge in [0.15, 0.2) is 0 Å². The van der Waals surface area contributed by atoms with Crippen LogP contribution in [0.4, 0.5) is 0 Å². The molecule has 2 heterocycles. The van der Waals surface area contributed by atoms with Gasteiger partial charge in [-0.1, -0.05) is 55.3 Å². The molecule has 2 N–H and O–H groups in total. The van der Waals surface area contributed by atoms with Crippen LogP contribution in [-0.2, 0) is 14.3 Å². The zero-order chi connectivity index (χ0) is 21.3. The quantitative estimate of drug-likeness (QED) is 0.597. The van der Waals surface area contributed by atoms with Crippen molar-refractivity contribution in [2.24, 2.45) is 0 Å². The van der Waals surface area contributed by atoms with Gasteiger partial charge in [-0.2, -0.15) is 0 Å². The van der Waals surface area contributed by atoms with Gasteiger partial charge in [0.2, 0.25) is 5.91 Å². The normalized spacial score (nSPS) is 20.5. The van der Waals surface area contributed by atoms with Crippen molar-refractivity contribution in [2.75, 3.05) is 6.61 Å². The summed E-state index contributed by atoms with van der Waals surface area (Å²) in [5.74, 6) is -1.34. The number of aromatic amines is 1. The van der Waals surface area contributed by atoms with E-state index in [-0.39, 0.29) is 12.5 Å². The minimum Gasteiger partial charge on any atom is -0.480 e. The molecule has 1 amide bonds. The van der Waals surface area contributed by atoms with Crippen molar-refractivity contribution >= 4 is 34.4 Å². The maximum absolute atomic E-state index is 12.9. The topological polar surface area (TPSA) is 82.6 Å². The lowest BCUT2D eigenvalue weighted by molar-refractivity contribution is -0.172. The summed E-state index contributed by atoms with van der Waals surface area (Å²) in [6.45, 7) is 1.74. The van der Waals surface area contributed by atoms with Crippen LogP contribution in [0.1, 0.15) is 43.2 Å². The molecule has 3 aromatic rings. The highest BCUT2D eigenvalue weighted by Gasteiger charge is 2.44. The average molecular weight is 427 g/mol. The number of hydrogen-bond donors (Lipinski definition) is 2. The van der Waals surface area contributed by atoms with E-state index < -0.39 is 24.2 Å². The van der Waals surface area contributed by atoms with Crippen molar-refractivity contribution in [3.63, 3.8) is 0 Å². The number of H-pyrrole nitrogens is 1. The molecular weight excluding hydrogens is 404 g/mol. The van der Waals surface area contributed by atoms with Crippen LogP contribution in [0, 0.1) is 0 Å². The van der Waals surface area contributed by atoms with Crippen LogP contribution in [-0.4, -0.2) is 39.5 Å². The molecule has 1 saturated heterocycles. The summed E-state index contributed by atoms with van der Waals surface area (Å²) in [4.78, 5) is 29.9. The summed E-state index contributed by atoms with van der Waals surface area (Å²) in [5, 5.41) is 11.5. The first-order chi connectivity index (χ1) is 14.5. The predicted octanol–water partition coefficient (Wildman–Crippen LogP) is 4.72. The highest BCUT2D eigenvalue weighted by atomic mass is 35.5. The largest absolute Gasteiger partial charge is 0.480 e. The van der Waals surface area contributed by atoms with Gasteiger partial charge in [-0.25, -0.2) is 4.79 Å². The number of para-hydroxylation sites is 1. The summed E-state index contributed by atoms with van der Waals surface area (Å²) in [7, 11) is 0. The average Bonchev–Trinajstić information content (AvgIpc) is 3.16. The molecule has 7 heteroatoms. The first-order valence-electron chi connectivity index (χ1n) is 9.98. The Morgan fingerprint density at radius 1 is 1.27 bits per heavy atom. The number of carbonyl (C=O) groups excluding carboxylic acids is 1. The number of benzene rings is 2. The number of carbonyl (C=O) groups is 2. The molecule has 0 unspecified atom stereocenters. The van der Waals surface area contributed by atoms with Gasteiger partial charge in [0.1, 0.15) is 24.8 Å². The Morgan fingerprint density at radius 3 is 2.67 bits per heavy atom. The van der Waals surface area contributed by atoms with Crippen LogP contribution in [0.2, 0.25) is 5.02 Å². The maximum atomic E-state index is 12.9. The number of rotatable bonds is 6. The molecule has 0 saturated carbocycles. The molecule has 0 spiro atoms. The van der Waals surface area contributed by atoms with Gasteiger partial charge < -0.3 is 19.7 Å². The Labute approximate surface area is 179 Å². The highest BCUT2D eigenvalue weighted by molar-refractivity contribution is 6.30. The first kappa shape index (κ1) is 20.4. The van der Waals surface area contributed by atoms with Crippen LogP contribution in [0.3, 0.4) is 0 Å². The van der Waals surface area contributed by atoms with Gasteiger partial charge in [0.25, 0.3) is 0 Å². The number of carboxylic acid groups (broad SMARTS) is 1. The number of aliphatic carboxylic acids is 1. The van der Waals surface area contributed by atoms with Crippen molar-refractivity contribution in [3.8, 4) is 0 Å². The lowest BCUT2D eigenvalue weighted by Crippen LogP contribution is -2.53. The fourth-order valence-corrected chi connectivity index (χ4v) is 4.28. The second-order valence-electron chi connectivity index (χ2n) is 7.48. The Balaban J connectivity index is 1.86. The fraction of sp³-hybridized carbons (Fsp3) is 0.304. The number of amides is 1. The van der Waals surface area contributed by atoms with Gasteiger partial charge >= 0.3 is 5.97 Å². The third kappa shape index (κ3) is 3.80. The summed E-state index contributed by atoms with van der Waals surface area (Å²) in [6, 6.07) is 15.5. The second-order valence-corrected chi connectivity index (χ2v) is 7.92. The van der Waals surface area contributed by atoms with Crippen molar-refractivity contribution in [3.05, 3.63) is 70.9 Å². The van der Waals surface area contributed by atoms with Gasteiger partial charge in [0.05, 0.1) is 0 Å². The number of nitrogens with one attached hydrogen (secondary N) is 1. The molecule has 0 aliphatic carbocycles. The van der Waals surface area contributed by atoms with Crippen molar-refractivity contribution in [1.82, 2.24) is 9.88 Å². The van der Waals surface area contributed by atoms with Crippen LogP contribution < -0.4 is 0 Å². The second kappa shape index (κ2) is 8.50. The van der Waals surface area contributed by atoms with Crippen LogP contribution in [0.15, 0.2) is 54.6 Å². The predicted molar refractivity (Wildman–Crippen MR) is 114 cm³/mol. The number of nitrogens with zero attached hydrogens (tertiary/aromatic N) is 1. The summed E-state index contributed by atoms with van der Waals surface area (Å²) in [6.07, 6.45) is 0.490. The molecule has 30 heavy (non-hydrogen) atoms. The van der Waals surface area contributed by atoms with E-state index in [1.165, 1.54) is 4.90 Å². The lowest BCUT2D eigenvalue weighted by Gasteiger charge is -2.43. The van der Waals surface area contributed by atoms with E-state index in [0.717, 1.165) is 22.2 Å². The monoisotopic (exact) mass is 426 g/mol. The van der Waals surface area contributed by atoms with Crippen LogP contribution >= 0.6 is 11.6 Å². The minimum absolute atomic E-state index is 0.169. The zero-order valence-corrected chi connectivity index (χ0v) is 17.3. The molecule has 1 fully saturated rings. The molecule has 0 radical (unpaired) electrons. The standard InChI is InChI=1S/C23H23ClN2O4/c1-2-5-19(23(28)29)26-20(27)13-30-22(14-8-10-16(24)11-9-14)21(26)18-12-15-6-3-4-7-17(15)25-18/h3-4,6-12,19,21-22,25H,2,5,13H2,1H3,(H,28,29)/t19-,21+,22-/m0/s1. The molecule has 6 nitrogen and oxygen atoms in total. The first-order valence-corrected chi connectivity index (χ1v) is 10.4. The van der Waals surface area contributed by atoms with E-state index in [1.807, 2.05) is 49.4 Å². The molecule has 1 aromatic heterocycles. The van der Waals surface area contributed by atoms with Crippen LogP contribution in [0.5, 0.6) is 0 Å². The van der Waals surface area contributed by atoms with E-state index in [9.17, 15) is 14.7 Å². The number of morpholine rings is 1. The SMILES string of the molecule is CCC[C@@H](C(=O)O)N1C(=O)CO[C@@H](c2ccc(Cl)cc2)[C@H]1c1cc2ccccc2[nH]1. The number of hydrogen-bond acceptors (Lipinski definition) is 3. The highest BCUT2D eigenvalue weighted by Crippen LogP contribution is 2.42. The van der Waals surface area contributed by atoms with Gasteiger partial charge in [-0.05, 0) is 41.6 Å². The molecule has 156 valence electrons. The van der Waals surface area contributed by atoms with Gasteiger partial charge in [-0.15, -0.1) is 0 Å². The molecule has 2 aromatic carbocycles. The number of fused-ring (bicyclic) bond motifs is 1. The van der Waals surface area contributed by atoms with E-state index >= 15 is 0 Å². The Hall–Kier alpha value is -2.83. The number of ether oxygens (including phenoxy) is 1. The number of aromatic nitrogens is 1. The molecular formula is C23H23ClN2O4. The zero-order valence-electron chi connectivity index (χ0n) is 16.5. The van der Waals surface area contributed by atoms with Gasteiger partial charge in [-0.3, -0.25) is 4.79 Å². The van der Waals surface area contributed by atoms with Crippen LogP contribution in [0.25, 0.3) is 10.9 Å². The summed E-state index contributed by atoms with van der Waals surface area (Å²) < 4.78 is 5.97. The Morgan fingerprint density at radius 2 is 2.00 bits per heavy atom. The number of carboxylic acids is 1. The maximum Gasteiger partial charge on any atom is 0.326 e. The minimum atomic E-state index is -1.01. The Bertz CT molecular complexity index is 1030. The molecule has 1 aliphatic rings. The number of halogens is 1. The van der Waals surface area contributed by atoms with Crippen molar-refractivity contribution < 1.29 is 19.4 Å². The molecule has 1 aliphatic heterocycles. The molecule has 3 atom stereocenters. The van der Waals surface area contributed by atoms with Gasteiger partial charge in [0, 0.05) is 16.2 Å². The van der Waals surface area contributed by atoms with E-state index in [0.29, 0.717) is 17.9 Å². The van der Waals surface area contributed by atoms with E-state index in [2.05, 4.69) is 4.98 Å². The van der Waals surface area contributed by atoms with Crippen molar-refractivity contribution in [1.29, 1.82) is 0 Å². The van der Waals surface area contributed by atoms with E-state index in [1.54, 1.807) is 12.1 Å². The summed E-state index contributed by atoms with van der Waals surface area (Å²) >= 11 is 6.05. The fourth-order valence-electron chi connectivity index (χ4n) is 4.15. The molecule has 4 rings (SSSR count). The smallest absolute Gasteiger partial charge is 0.326 e. The third-order valence-corrected chi connectivity index (χ3v) is 5.76. The summed E-state index contributed by atoms with van der Waals surface area (Å²) in [5.41, 5.74) is 2.50. The molecule has 0 bridgehead atoms.